The number of nitro groups is 1. The molecule has 0 saturated heterocycles. The van der Waals surface area contributed by atoms with E-state index in [-0.39, 0.29) is 22.9 Å². The number of hydrogen-bond acceptors (Lipinski definition) is 7. The number of likely N-dealkylation sites (N-methyl/N-ethyl adjacent to an activating group) is 1. The van der Waals surface area contributed by atoms with E-state index in [0.29, 0.717) is 6.54 Å². The number of nitro benzene ring substituents is 1. The van der Waals surface area contributed by atoms with Gasteiger partial charge in [-0.3, -0.25) is 14.9 Å². The van der Waals surface area contributed by atoms with Gasteiger partial charge in [-0.15, -0.1) is 0 Å². The maximum absolute atomic E-state index is 12.5. The standard InChI is InChI=1S/C17H19N3O5S/c1-19(2)15(11-4-5-26-10-11)9-18-16(21)12-6-13(17(22)25-3)8-14(7-12)20(23)24/h4-8,10,15H,9H2,1-3H3,(H,18,21). The summed E-state index contributed by atoms with van der Waals surface area (Å²) in [6.45, 7) is 0.318. The molecule has 8 nitrogen and oxygen atoms in total. The van der Waals surface area contributed by atoms with E-state index in [2.05, 4.69) is 10.1 Å². The zero-order valence-corrected chi connectivity index (χ0v) is 15.4. The molecule has 0 radical (unpaired) electrons. The van der Waals surface area contributed by atoms with Gasteiger partial charge < -0.3 is 15.0 Å². The van der Waals surface area contributed by atoms with Crippen LogP contribution < -0.4 is 5.32 Å². The first-order chi connectivity index (χ1) is 12.3. The molecular weight excluding hydrogens is 358 g/mol. The number of amides is 1. The molecule has 1 N–H and O–H groups in total. The second kappa shape index (κ2) is 8.54. The molecular formula is C17H19N3O5S. The Kier molecular flexibility index (Phi) is 6.42. The molecule has 0 aliphatic rings. The molecule has 0 spiro atoms. The zero-order chi connectivity index (χ0) is 19.3. The third kappa shape index (κ3) is 4.64. The Hall–Kier alpha value is -2.78. The smallest absolute Gasteiger partial charge is 0.338 e. The van der Waals surface area contributed by atoms with Gasteiger partial charge in [0.2, 0.25) is 0 Å². The Labute approximate surface area is 154 Å². The highest BCUT2D eigenvalue weighted by Crippen LogP contribution is 2.21. The van der Waals surface area contributed by atoms with Gasteiger partial charge in [0.05, 0.1) is 23.6 Å². The fourth-order valence-electron chi connectivity index (χ4n) is 2.44. The predicted octanol–water partition coefficient (Wildman–Crippen LogP) is 2.48. The molecule has 1 aromatic heterocycles. The third-order valence-electron chi connectivity index (χ3n) is 3.82. The molecule has 0 aliphatic heterocycles. The van der Waals surface area contributed by atoms with Crippen LogP contribution >= 0.6 is 11.3 Å². The highest BCUT2D eigenvalue weighted by Gasteiger charge is 2.20. The number of ether oxygens (including phenoxy) is 1. The lowest BCUT2D eigenvalue weighted by Gasteiger charge is -2.24. The molecule has 1 heterocycles. The fourth-order valence-corrected chi connectivity index (χ4v) is 3.15. The molecule has 0 aliphatic carbocycles. The second-order valence-corrected chi connectivity index (χ2v) is 6.54. The quantitative estimate of drug-likeness (QED) is 0.452. The molecule has 138 valence electrons. The van der Waals surface area contributed by atoms with Gasteiger partial charge in [-0.25, -0.2) is 4.79 Å². The molecule has 0 saturated carbocycles. The summed E-state index contributed by atoms with van der Waals surface area (Å²) in [4.78, 5) is 36.5. The number of nitrogens with zero attached hydrogens (tertiary/aromatic N) is 2. The summed E-state index contributed by atoms with van der Waals surface area (Å²) in [7, 11) is 4.97. The maximum Gasteiger partial charge on any atom is 0.338 e. The van der Waals surface area contributed by atoms with Gasteiger partial charge in [0, 0.05) is 24.2 Å². The number of rotatable bonds is 7. The average molecular weight is 377 g/mol. The van der Waals surface area contributed by atoms with Crippen LogP contribution in [0.1, 0.15) is 32.3 Å². The highest BCUT2D eigenvalue weighted by atomic mass is 32.1. The van der Waals surface area contributed by atoms with E-state index in [1.165, 1.54) is 13.2 Å². The minimum absolute atomic E-state index is 0.0300. The summed E-state index contributed by atoms with van der Waals surface area (Å²) >= 11 is 1.56. The van der Waals surface area contributed by atoms with Gasteiger partial charge in [0.15, 0.2) is 0 Å². The molecule has 2 rings (SSSR count). The Morgan fingerprint density at radius 1 is 1.31 bits per heavy atom. The zero-order valence-electron chi connectivity index (χ0n) is 14.6. The van der Waals surface area contributed by atoms with Crippen LogP contribution in [-0.4, -0.2) is 49.4 Å². The summed E-state index contributed by atoms with van der Waals surface area (Å²) in [5, 5.41) is 17.8. The first-order valence-electron chi connectivity index (χ1n) is 7.68. The minimum Gasteiger partial charge on any atom is -0.465 e. The van der Waals surface area contributed by atoms with Crippen molar-refractivity contribution in [3.05, 3.63) is 61.8 Å². The van der Waals surface area contributed by atoms with Crippen LogP contribution in [0.4, 0.5) is 5.69 Å². The second-order valence-electron chi connectivity index (χ2n) is 5.76. The Morgan fingerprint density at radius 2 is 2.00 bits per heavy atom. The van der Waals surface area contributed by atoms with E-state index in [1.807, 2.05) is 35.8 Å². The summed E-state index contributed by atoms with van der Waals surface area (Å²) in [5.74, 6) is -1.24. The van der Waals surface area contributed by atoms with Crippen molar-refractivity contribution in [2.24, 2.45) is 0 Å². The van der Waals surface area contributed by atoms with E-state index in [0.717, 1.165) is 17.7 Å². The Bertz CT molecular complexity index is 805. The first-order valence-corrected chi connectivity index (χ1v) is 8.62. The van der Waals surface area contributed by atoms with Crippen molar-refractivity contribution in [1.29, 1.82) is 0 Å². The van der Waals surface area contributed by atoms with Crippen molar-refractivity contribution >= 4 is 28.9 Å². The van der Waals surface area contributed by atoms with Crippen molar-refractivity contribution in [2.45, 2.75) is 6.04 Å². The lowest BCUT2D eigenvalue weighted by molar-refractivity contribution is -0.384. The van der Waals surface area contributed by atoms with Crippen molar-refractivity contribution in [3.63, 3.8) is 0 Å². The van der Waals surface area contributed by atoms with Crippen molar-refractivity contribution in [1.82, 2.24) is 10.2 Å². The van der Waals surface area contributed by atoms with E-state index in [4.69, 9.17) is 0 Å². The Balaban J connectivity index is 2.21. The monoisotopic (exact) mass is 377 g/mol. The number of carbonyl (C=O) groups is 2. The van der Waals surface area contributed by atoms with Gasteiger partial charge in [-0.1, -0.05) is 0 Å². The van der Waals surface area contributed by atoms with Crippen molar-refractivity contribution < 1.29 is 19.2 Å². The van der Waals surface area contributed by atoms with Gasteiger partial charge in [0.1, 0.15) is 0 Å². The van der Waals surface area contributed by atoms with E-state index < -0.39 is 16.8 Å². The van der Waals surface area contributed by atoms with Crippen LogP contribution in [0.2, 0.25) is 0 Å². The normalized spacial score (nSPS) is 11.8. The fraction of sp³-hybridized carbons (Fsp3) is 0.294. The SMILES string of the molecule is COC(=O)c1cc(C(=O)NCC(c2ccsc2)N(C)C)cc([N+](=O)[O-])c1. The summed E-state index contributed by atoms with van der Waals surface area (Å²) in [6.07, 6.45) is 0. The van der Waals surface area contributed by atoms with Crippen molar-refractivity contribution in [2.75, 3.05) is 27.7 Å². The molecule has 1 unspecified atom stereocenters. The summed E-state index contributed by atoms with van der Waals surface area (Å²) in [6, 6.07) is 5.44. The number of methoxy groups -OCH3 is 1. The highest BCUT2D eigenvalue weighted by molar-refractivity contribution is 7.07. The maximum atomic E-state index is 12.5. The molecule has 1 atom stereocenters. The molecule has 26 heavy (non-hydrogen) atoms. The molecule has 0 bridgehead atoms. The number of carbonyl (C=O) groups excluding carboxylic acids is 2. The van der Waals surface area contributed by atoms with Crippen LogP contribution in [0.25, 0.3) is 0 Å². The van der Waals surface area contributed by atoms with Crippen LogP contribution in [0.15, 0.2) is 35.0 Å². The van der Waals surface area contributed by atoms with Crippen LogP contribution in [0, 0.1) is 10.1 Å². The molecule has 1 aromatic carbocycles. The number of benzene rings is 1. The first kappa shape index (κ1) is 19.5. The number of esters is 1. The predicted molar refractivity (Wildman–Crippen MR) is 97.5 cm³/mol. The molecule has 9 heteroatoms. The lowest BCUT2D eigenvalue weighted by atomic mass is 10.1. The summed E-state index contributed by atoms with van der Waals surface area (Å²) in [5.41, 5.74) is 0.700. The number of thiophene rings is 1. The van der Waals surface area contributed by atoms with E-state index in [9.17, 15) is 19.7 Å². The van der Waals surface area contributed by atoms with Gasteiger partial charge in [-0.2, -0.15) is 11.3 Å². The van der Waals surface area contributed by atoms with Crippen molar-refractivity contribution in [3.8, 4) is 0 Å². The van der Waals surface area contributed by atoms with E-state index in [1.54, 1.807) is 11.3 Å². The van der Waals surface area contributed by atoms with Crippen LogP contribution in [0.5, 0.6) is 0 Å². The number of non-ortho nitro benzene ring substituents is 1. The van der Waals surface area contributed by atoms with Gasteiger partial charge in [0.25, 0.3) is 11.6 Å². The lowest BCUT2D eigenvalue weighted by Crippen LogP contribution is -2.34. The van der Waals surface area contributed by atoms with Gasteiger partial charge >= 0.3 is 5.97 Å². The summed E-state index contributed by atoms with van der Waals surface area (Å²) < 4.78 is 4.59. The third-order valence-corrected chi connectivity index (χ3v) is 4.52. The van der Waals surface area contributed by atoms with Crippen LogP contribution in [-0.2, 0) is 4.74 Å². The Morgan fingerprint density at radius 3 is 2.54 bits per heavy atom. The molecule has 0 fully saturated rings. The topological polar surface area (TPSA) is 102 Å². The van der Waals surface area contributed by atoms with Crippen LogP contribution in [0.3, 0.4) is 0 Å². The average Bonchev–Trinajstić information content (AvgIpc) is 3.14. The van der Waals surface area contributed by atoms with Gasteiger partial charge in [-0.05, 0) is 42.6 Å². The number of nitrogens with one attached hydrogen (secondary N) is 1. The minimum atomic E-state index is -0.743. The van der Waals surface area contributed by atoms with E-state index >= 15 is 0 Å². The molecule has 1 amide bonds. The number of hydrogen-bond donors (Lipinski definition) is 1. The molecule has 2 aromatic rings. The largest absolute Gasteiger partial charge is 0.465 e.